The number of ether oxygens (including phenoxy) is 4. The summed E-state index contributed by atoms with van der Waals surface area (Å²) in [6.45, 7) is 0. The van der Waals surface area contributed by atoms with Crippen molar-refractivity contribution in [3.05, 3.63) is 71.8 Å². The van der Waals surface area contributed by atoms with Gasteiger partial charge in [-0.3, -0.25) is 0 Å². The third kappa shape index (κ3) is 2.58. The highest BCUT2D eigenvalue weighted by Crippen LogP contribution is 2.45. The van der Waals surface area contributed by atoms with E-state index in [4.69, 9.17) is 18.9 Å². The van der Waals surface area contributed by atoms with Crippen molar-refractivity contribution in [2.24, 2.45) is 0 Å². The van der Waals surface area contributed by atoms with Gasteiger partial charge in [-0.1, -0.05) is 60.7 Å². The van der Waals surface area contributed by atoms with Crippen LogP contribution in [0.25, 0.3) is 0 Å². The van der Waals surface area contributed by atoms with Gasteiger partial charge in [0.05, 0.1) is 0 Å². The molecule has 3 aliphatic rings. The average Bonchev–Trinajstić information content (AvgIpc) is 3.33. The molecule has 6 heteroatoms. The summed E-state index contributed by atoms with van der Waals surface area (Å²) in [6.07, 6.45) is -5.83. The lowest BCUT2D eigenvalue weighted by molar-refractivity contribution is -0.152. The molecular formula is C20H20O6. The first-order valence-electron chi connectivity index (χ1n) is 8.80. The number of rotatable bonds is 2. The quantitative estimate of drug-likeness (QED) is 0.853. The number of hydrogen-bond acceptors (Lipinski definition) is 6. The van der Waals surface area contributed by atoms with Crippen LogP contribution in [0, 0.1) is 0 Å². The van der Waals surface area contributed by atoms with Gasteiger partial charge in [-0.15, -0.1) is 0 Å². The molecule has 26 heavy (non-hydrogen) atoms. The van der Waals surface area contributed by atoms with Gasteiger partial charge in [0.2, 0.25) is 0 Å². The molecule has 1 aliphatic carbocycles. The van der Waals surface area contributed by atoms with E-state index >= 15 is 0 Å². The Morgan fingerprint density at radius 3 is 1.12 bits per heavy atom. The van der Waals surface area contributed by atoms with Crippen LogP contribution in [-0.4, -0.2) is 46.8 Å². The molecule has 2 aromatic carbocycles. The fourth-order valence-electron chi connectivity index (χ4n) is 3.95. The second kappa shape index (κ2) is 6.42. The van der Waals surface area contributed by atoms with Crippen LogP contribution >= 0.6 is 0 Å². The molecule has 136 valence electrons. The van der Waals surface area contributed by atoms with Gasteiger partial charge in [-0.25, -0.2) is 0 Å². The third-order valence-corrected chi connectivity index (χ3v) is 5.26. The molecule has 6 nitrogen and oxygen atoms in total. The monoisotopic (exact) mass is 356 g/mol. The predicted molar refractivity (Wildman–Crippen MR) is 89.9 cm³/mol. The van der Waals surface area contributed by atoms with Crippen molar-refractivity contribution < 1.29 is 29.2 Å². The van der Waals surface area contributed by atoms with Crippen LogP contribution in [-0.2, 0) is 18.9 Å². The summed E-state index contributed by atoms with van der Waals surface area (Å²) < 4.78 is 23.7. The van der Waals surface area contributed by atoms with E-state index < -0.39 is 49.2 Å². The van der Waals surface area contributed by atoms with Gasteiger partial charge in [-0.2, -0.15) is 0 Å². The smallest absolute Gasteiger partial charge is 0.184 e. The van der Waals surface area contributed by atoms with E-state index in [1.807, 2.05) is 60.7 Å². The Morgan fingerprint density at radius 1 is 0.500 bits per heavy atom. The van der Waals surface area contributed by atoms with Crippen LogP contribution in [0.3, 0.4) is 0 Å². The normalized spacial score (nSPS) is 41.6. The van der Waals surface area contributed by atoms with Crippen LogP contribution in [0.15, 0.2) is 60.7 Å². The van der Waals surface area contributed by atoms with Crippen molar-refractivity contribution in [2.45, 2.75) is 49.2 Å². The van der Waals surface area contributed by atoms with Gasteiger partial charge in [0, 0.05) is 11.1 Å². The number of fused-ring (bicyclic) bond motifs is 2. The van der Waals surface area contributed by atoms with Crippen molar-refractivity contribution in [1.82, 2.24) is 0 Å². The van der Waals surface area contributed by atoms with Gasteiger partial charge in [-0.05, 0) is 0 Å². The molecule has 2 saturated heterocycles. The molecule has 2 aliphatic heterocycles. The summed E-state index contributed by atoms with van der Waals surface area (Å²) >= 11 is 0. The lowest BCUT2D eigenvalue weighted by Crippen LogP contribution is -2.61. The molecule has 2 heterocycles. The fraction of sp³-hybridized carbons (Fsp3) is 0.400. The van der Waals surface area contributed by atoms with E-state index in [1.165, 1.54) is 0 Å². The Balaban J connectivity index is 1.37. The molecule has 0 bridgehead atoms. The zero-order valence-electron chi connectivity index (χ0n) is 13.9. The molecule has 5 rings (SSSR count). The number of aliphatic hydroxyl groups is 2. The van der Waals surface area contributed by atoms with Gasteiger partial charge in [0.25, 0.3) is 0 Å². The number of hydrogen-bond donors (Lipinski definition) is 2. The Labute approximate surface area is 150 Å². The molecule has 2 N–H and O–H groups in total. The van der Waals surface area contributed by atoms with Gasteiger partial charge < -0.3 is 29.2 Å². The summed E-state index contributed by atoms with van der Waals surface area (Å²) in [5.74, 6) is 0. The Hall–Kier alpha value is -1.80. The molecule has 4 unspecified atom stereocenters. The van der Waals surface area contributed by atoms with E-state index in [2.05, 4.69) is 0 Å². The summed E-state index contributed by atoms with van der Waals surface area (Å²) in [4.78, 5) is 0. The van der Waals surface area contributed by atoms with Crippen LogP contribution in [0.5, 0.6) is 0 Å². The second-order valence-corrected chi connectivity index (χ2v) is 6.87. The van der Waals surface area contributed by atoms with Gasteiger partial charge in [0.15, 0.2) is 12.6 Å². The molecular weight excluding hydrogens is 336 g/mol. The molecule has 8 atom stereocenters. The molecule has 1 saturated carbocycles. The molecule has 0 spiro atoms. The summed E-state index contributed by atoms with van der Waals surface area (Å²) in [5, 5.41) is 21.6. The van der Waals surface area contributed by atoms with E-state index in [0.29, 0.717) is 0 Å². The van der Waals surface area contributed by atoms with Crippen LogP contribution in [0.4, 0.5) is 0 Å². The van der Waals surface area contributed by atoms with Crippen molar-refractivity contribution in [1.29, 1.82) is 0 Å². The lowest BCUT2D eigenvalue weighted by Gasteiger charge is -2.38. The number of benzene rings is 2. The Bertz CT molecular complexity index is 664. The van der Waals surface area contributed by atoms with Crippen molar-refractivity contribution in [3.63, 3.8) is 0 Å². The predicted octanol–water partition coefficient (Wildman–Crippen LogP) is 1.69. The SMILES string of the molecule is OC1[C@H]2OC(c3ccccc3)O[C@H]2C(O)[C@@H]2OC(c3ccccc3)O[C@@H]12. The first-order valence-corrected chi connectivity index (χ1v) is 8.80. The third-order valence-electron chi connectivity index (χ3n) is 5.26. The maximum Gasteiger partial charge on any atom is 0.184 e. The van der Waals surface area contributed by atoms with Gasteiger partial charge in [0.1, 0.15) is 36.6 Å². The standard InChI is InChI=1S/C20H20O6/c21-13-15-16(24-19(23-15)11-7-3-1-4-8-11)14(22)18-17(13)25-20(26-18)12-9-5-2-6-10-12/h1-10,13-22H/t13?,14?,15-,16-,17-,18+,19?,20?/m0/s1. The van der Waals surface area contributed by atoms with Crippen molar-refractivity contribution in [3.8, 4) is 0 Å². The second-order valence-electron chi connectivity index (χ2n) is 6.87. The first kappa shape index (κ1) is 16.4. The molecule has 0 amide bonds. The van der Waals surface area contributed by atoms with E-state index in [-0.39, 0.29) is 0 Å². The minimum atomic E-state index is -0.948. The summed E-state index contributed by atoms with van der Waals surface area (Å²) in [7, 11) is 0. The Morgan fingerprint density at radius 2 is 0.808 bits per heavy atom. The van der Waals surface area contributed by atoms with E-state index in [1.54, 1.807) is 0 Å². The maximum absolute atomic E-state index is 10.8. The van der Waals surface area contributed by atoms with Crippen molar-refractivity contribution >= 4 is 0 Å². The highest BCUT2D eigenvalue weighted by Gasteiger charge is 2.60. The lowest BCUT2D eigenvalue weighted by atomic mass is 9.85. The summed E-state index contributed by atoms with van der Waals surface area (Å²) in [6, 6.07) is 18.9. The topological polar surface area (TPSA) is 77.4 Å². The largest absolute Gasteiger partial charge is 0.387 e. The molecule has 0 aromatic heterocycles. The van der Waals surface area contributed by atoms with Crippen LogP contribution < -0.4 is 0 Å². The minimum absolute atomic E-state index is 0.626. The van der Waals surface area contributed by atoms with Gasteiger partial charge >= 0.3 is 0 Å². The zero-order chi connectivity index (χ0) is 17.7. The Kier molecular flexibility index (Phi) is 4.04. The van der Waals surface area contributed by atoms with E-state index in [9.17, 15) is 10.2 Å². The highest BCUT2D eigenvalue weighted by atomic mass is 16.8. The fourth-order valence-corrected chi connectivity index (χ4v) is 3.95. The summed E-state index contributed by atoms with van der Waals surface area (Å²) in [5.41, 5.74) is 1.69. The highest BCUT2D eigenvalue weighted by molar-refractivity contribution is 5.20. The first-order chi connectivity index (χ1) is 12.7. The van der Waals surface area contributed by atoms with Crippen molar-refractivity contribution in [2.75, 3.05) is 0 Å². The minimum Gasteiger partial charge on any atom is -0.387 e. The van der Waals surface area contributed by atoms with E-state index in [0.717, 1.165) is 11.1 Å². The average molecular weight is 356 g/mol. The molecule has 0 radical (unpaired) electrons. The van der Waals surface area contributed by atoms with Crippen LogP contribution in [0.2, 0.25) is 0 Å². The maximum atomic E-state index is 10.8. The molecule has 2 aromatic rings. The van der Waals surface area contributed by atoms with Crippen LogP contribution in [0.1, 0.15) is 23.7 Å². The number of aliphatic hydroxyl groups excluding tert-OH is 2. The zero-order valence-corrected chi connectivity index (χ0v) is 13.9. The molecule has 3 fully saturated rings.